The van der Waals surface area contributed by atoms with Crippen molar-refractivity contribution >= 4 is 28.1 Å². The average molecular weight is 230 g/mol. The first-order chi connectivity index (χ1) is 7.74. The number of nitrogens with two attached hydrogens (primary N) is 1. The highest BCUT2D eigenvalue weighted by molar-refractivity contribution is 7.09. The summed E-state index contributed by atoms with van der Waals surface area (Å²) in [5, 5.41) is 3.02. The van der Waals surface area contributed by atoms with Crippen molar-refractivity contribution in [3.05, 3.63) is 28.6 Å². The fourth-order valence-electron chi connectivity index (χ4n) is 1.65. The molecule has 3 rings (SSSR count). The zero-order valence-electron chi connectivity index (χ0n) is 8.69. The minimum absolute atomic E-state index is 0.687. The zero-order valence-corrected chi connectivity index (χ0v) is 9.51. The molecule has 0 aliphatic rings. The summed E-state index contributed by atoms with van der Waals surface area (Å²) < 4.78 is 0. The van der Waals surface area contributed by atoms with Gasteiger partial charge in [0.1, 0.15) is 11.2 Å². The molecule has 0 atom stereocenters. The highest BCUT2D eigenvalue weighted by Crippen LogP contribution is 2.24. The first-order valence-electron chi connectivity index (χ1n) is 4.91. The number of imidazole rings is 1. The van der Waals surface area contributed by atoms with Gasteiger partial charge >= 0.3 is 0 Å². The number of benzene rings is 1. The van der Waals surface area contributed by atoms with Gasteiger partial charge in [0, 0.05) is 5.38 Å². The predicted molar refractivity (Wildman–Crippen MR) is 66.4 cm³/mol. The van der Waals surface area contributed by atoms with E-state index in [0.717, 1.165) is 27.6 Å². The van der Waals surface area contributed by atoms with Crippen LogP contribution in [0.2, 0.25) is 0 Å². The Balaban J connectivity index is 2.22. The van der Waals surface area contributed by atoms with Gasteiger partial charge in [-0.25, -0.2) is 9.97 Å². The number of hydrogen-bond donors (Lipinski definition) is 2. The molecule has 3 N–H and O–H groups in total. The van der Waals surface area contributed by atoms with E-state index in [1.807, 2.05) is 30.5 Å². The Morgan fingerprint density at radius 1 is 1.31 bits per heavy atom. The zero-order chi connectivity index (χ0) is 11.1. The molecule has 0 unspecified atom stereocenters. The third-order valence-electron chi connectivity index (χ3n) is 2.41. The summed E-state index contributed by atoms with van der Waals surface area (Å²) in [6, 6.07) is 5.71. The van der Waals surface area contributed by atoms with E-state index >= 15 is 0 Å². The maximum atomic E-state index is 5.85. The van der Waals surface area contributed by atoms with Crippen LogP contribution in [0.1, 0.15) is 5.01 Å². The molecule has 3 aromatic rings. The normalized spacial score (nSPS) is 11.1. The van der Waals surface area contributed by atoms with Gasteiger partial charge in [-0.05, 0) is 19.1 Å². The first-order valence-corrected chi connectivity index (χ1v) is 5.79. The molecule has 16 heavy (non-hydrogen) atoms. The van der Waals surface area contributed by atoms with Crippen molar-refractivity contribution in [3.8, 4) is 11.5 Å². The number of nitrogens with one attached hydrogen (secondary N) is 1. The summed E-state index contributed by atoms with van der Waals surface area (Å²) in [5.74, 6) is 0.775. The Kier molecular flexibility index (Phi) is 1.94. The van der Waals surface area contributed by atoms with Crippen molar-refractivity contribution < 1.29 is 0 Å². The summed E-state index contributed by atoms with van der Waals surface area (Å²) >= 11 is 1.61. The van der Waals surface area contributed by atoms with E-state index in [2.05, 4.69) is 15.0 Å². The van der Waals surface area contributed by atoms with Crippen LogP contribution < -0.4 is 5.73 Å². The number of para-hydroxylation sites is 1. The van der Waals surface area contributed by atoms with Gasteiger partial charge in [0.05, 0.1) is 16.2 Å². The third-order valence-corrected chi connectivity index (χ3v) is 3.18. The second-order valence-electron chi connectivity index (χ2n) is 3.58. The monoisotopic (exact) mass is 230 g/mol. The topological polar surface area (TPSA) is 67.6 Å². The maximum Gasteiger partial charge on any atom is 0.158 e. The molecule has 0 fully saturated rings. The van der Waals surface area contributed by atoms with E-state index in [9.17, 15) is 0 Å². The number of hydrogen-bond acceptors (Lipinski definition) is 4. The number of aromatic amines is 1. The Morgan fingerprint density at radius 2 is 2.19 bits per heavy atom. The summed E-state index contributed by atoms with van der Waals surface area (Å²) in [6.45, 7) is 1.98. The number of nitrogen functional groups attached to an aromatic ring is 1. The van der Waals surface area contributed by atoms with Crippen LogP contribution in [-0.4, -0.2) is 15.0 Å². The molecular formula is C11H10N4S. The van der Waals surface area contributed by atoms with Crippen LogP contribution in [0.25, 0.3) is 22.6 Å². The average Bonchev–Trinajstić information content (AvgIpc) is 2.84. The highest BCUT2D eigenvalue weighted by Gasteiger charge is 2.09. The molecule has 0 bridgehead atoms. The van der Waals surface area contributed by atoms with Gasteiger partial charge in [0.25, 0.3) is 0 Å². The fourth-order valence-corrected chi connectivity index (χ4v) is 2.25. The van der Waals surface area contributed by atoms with Crippen LogP contribution >= 0.6 is 11.3 Å². The number of nitrogens with zero attached hydrogens (tertiary/aromatic N) is 2. The molecule has 0 saturated heterocycles. The smallest absolute Gasteiger partial charge is 0.158 e. The fraction of sp³-hybridized carbons (Fsp3) is 0.0909. The Morgan fingerprint density at radius 3 is 2.88 bits per heavy atom. The van der Waals surface area contributed by atoms with Gasteiger partial charge < -0.3 is 10.7 Å². The molecule has 5 heteroatoms. The third kappa shape index (κ3) is 1.37. The van der Waals surface area contributed by atoms with Gasteiger partial charge in [0.2, 0.25) is 0 Å². The van der Waals surface area contributed by atoms with Gasteiger partial charge in [-0.2, -0.15) is 0 Å². The van der Waals surface area contributed by atoms with Crippen LogP contribution in [0, 0.1) is 6.92 Å². The van der Waals surface area contributed by atoms with Crippen molar-refractivity contribution in [2.75, 3.05) is 5.73 Å². The molecule has 0 aliphatic heterocycles. The van der Waals surface area contributed by atoms with Crippen molar-refractivity contribution in [2.24, 2.45) is 0 Å². The van der Waals surface area contributed by atoms with Crippen LogP contribution in [0.4, 0.5) is 5.69 Å². The molecule has 1 aromatic carbocycles. The molecule has 0 saturated carbocycles. The SMILES string of the molecule is Cc1nc(-c2nc3c(N)cccc3[nH]2)cs1. The van der Waals surface area contributed by atoms with Crippen molar-refractivity contribution in [2.45, 2.75) is 6.92 Å². The molecule has 2 heterocycles. The van der Waals surface area contributed by atoms with Crippen LogP contribution in [0.3, 0.4) is 0 Å². The van der Waals surface area contributed by atoms with E-state index < -0.39 is 0 Å². The van der Waals surface area contributed by atoms with E-state index in [4.69, 9.17) is 5.73 Å². The number of rotatable bonds is 1. The number of aromatic nitrogens is 3. The predicted octanol–water partition coefficient (Wildman–Crippen LogP) is 2.58. The molecule has 4 nitrogen and oxygen atoms in total. The first kappa shape index (κ1) is 9.35. The Labute approximate surface area is 96.2 Å². The summed E-state index contributed by atoms with van der Waals surface area (Å²) in [6.07, 6.45) is 0. The van der Waals surface area contributed by atoms with Crippen molar-refractivity contribution in [1.82, 2.24) is 15.0 Å². The number of aryl methyl sites for hydroxylation is 1. The largest absolute Gasteiger partial charge is 0.397 e. The lowest BCUT2D eigenvalue weighted by atomic mass is 10.3. The molecule has 80 valence electrons. The lowest BCUT2D eigenvalue weighted by molar-refractivity contribution is 1.23. The minimum Gasteiger partial charge on any atom is -0.397 e. The Hall–Kier alpha value is -1.88. The summed E-state index contributed by atoms with van der Waals surface area (Å²) in [7, 11) is 0. The van der Waals surface area contributed by atoms with E-state index in [0.29, 0.717) is 5.69 Å². The lowest BCUT2D eigenvalue weighted by Gasteiger charge is -1.90. The van der Waals surface area contributed by atoms with Gasteiger partial charge in [-0.1, -0.05) is 6.07 Å². The number of H-pyrrole nitrogens is 1. The minimum atomic E-state index is 0.687. The highest BCUT2D eigenvalue weighted by atomic mass is 32.1. The number of fused-ring (bicyclic) bond motifs is 1. The molecule has 2 aromatic heterocycles. The summed E-state index contributed by atoms with van der Waals surface area (Å²) in [4.78, 5) is 12.1. The van der Waals surface area contributed by atoms with Crippen LogP contribution in [-0.2, 0) is 0 Å². The van der Waals surface area contributed by atoms with Crippen LogP contribution in [0.15, 0.2) is 23.6 Å². The van der Waals surface area contributed by atoms with E-state index in [1.54, 1.807) is 11.3 Å². The Bertz CT molecular complexity index is 653. The second kappa shape index (κ2) is 3.31. The second-order valence-corrected chi connectivity index (χ2v) is 4.64. The van der Waals surface area contributed by atoms with Gasteiger partial charge in [-0.3, -0.25) is 0 Å². The molecule has 0 spiro atoms. The van der Waals surface area contributed by atoms with Gasteiger partial charge in [-0.15, -0.1) is 11.3 Å². The van der Waals surface area contributed by atoms with Crippen molar-refractivity contribution in [3.63, 3.8) is 0 Å². The van der Waals surface area contributed by atoms with Gasteiger partial charge in [0.15, 0.2) is 5.82 Å². The van der Waals surface area contributed by atoms with E-state index in [1.165, 1.54) is 0 Å². The number of anilines is 1. The van der Waals surface area contributed by atoms with E-state index in [-0.39, 0.29) is 0 Å². The van der Waals surface area contributed by atoms with Crippen molar-refractivity contribution in [1.29, 1.82) is 0 Å². The molecular weight excluding hydrogens is 220 g/mol. The number of thiazole rings is 1. The quantitative estimate of drug-likeness (QED) is 0.631. The maximum absolute atomic E-state index is 5.85. The summed E-state index contributed by atoms with van der Waals surface area (Å²) in [5.41, 5.74) is 9.17. The molecule has 0 amide bonds. The molecule has 0 aliphatic carbocycles. The van der Waals surface area contributed by atoms with Crippen LogP contribution in [0.5, 0.6) is 0 Å². The standard InChI is InChI=1S/C11H10N4S/c1-6-13-9(5-16-6)11-14-8-4-2-3-7(12)10(8)15-11/h2-5H,12H2,1H3,(H,14,15). The molecule has 0 radical (unpaired) electrons. The lowest BCUT2D eigenvalue weighted by Crippen LogP contribution is -1.85.